The Morgan fingerprint density at radius 1 is 1.00 bits per heavy atom. The summed E-state index contributed by atoms with van der Waals surface area (Å²) in [4.78, 5) is 11.8. The highest BCUT2D eigenvalue weighted by molar-refractivity contribution is 5.92. The van der Waals surface area contributed by atoms with Crippen molar-refractivity contribution in [2.45, 2.75) is 12.0 Å². The Kier molecular flexibility index (Phi) is 3.11. The number of halogens is 1. The monoisotopic (exact) mass is 268 g/mol. The van der Waals surface area contributed by atoms with Crippen LogP contribution in [0.5, 0.6) is 0 Å². The van der Waals surface area contributed by atoms with Gasteiger partial charge in [0, 0.05) is 5.57 Å². The Balaban J connectivity index is 2.05. The highest BCUT2D eigenvalue weighted by Gasteiger charge is 2.40. The molecule has 2 aromatic rings. The van der Waals surface area contributed by atoms with Gasteiger partial charge >= 0.3 is 5.97 Å². The molecule has 1 aliphatic rings. The first kappa shape index (κ1) is 12.6. The molecule has 3 rings (SSSR count). The van der Waals surface area contributed by atoms with Gasteiger partial charge in [0.05, 0.1) is 5.92 Å². The third kappa shape index (κ3) is 2.11. The Morgan fingerprint density at radius 3 is 2.40 bits per heavy atom. The van der Waals surface area contributed by atoms with Crippen molar-refractivity contribution in [1.82, 2.24) is 0 Å². The molecule has 1 saturated heterocycles. The van der Waals surface area contributed by atoms with Gasteiger partial charge in [-0.25, -0.2) is 9.18 Å². The molecule has 0 saturated carbocycles. The molecule has 2 atom stereocenters. The molecule has 0 unspecified atom stereocenters. The van der Waals surface area contributed by atoms with Crippen LogP contribution in [0.25, 0.3) is 0 Å². The fraction of sp³-hybridized carbons (Fsp3) is 0.118. The van der Waals surface area contributed by atoms with Crippen molar-refractivity contribution in [3.63, 3.8) is 0 Å². The van der Waals surface area contributed by atoms with Gasteiger partial charge in [-0.2, -0.15) is 0 Å². The number of carbonyl (C=O) groups excluding carboxylic acids is 1. The highest BCUT2D eigenvalue weighted by Crippen LogP contribution is 2.44. The molecule has 3 heteroatoms. The number of carbonyl (C=O) groups is 1. The van der Waals surface area contributed by atoms with Gasteiger partial charge in [-0.05, 0) is 23.3 Å². The van der Waals surface area contributed by atoms with Crippen LogP contribution in [0, 0.1) is 5.82 Å². The van der Waals surface area contributed by atoms with Gasteiger partial charge in [0.2, 0.25) is 0 Å². The number of hydrogen-bond donors (Lipinski definition) is 0. The molecule has 0 radical (unpaired) electrons. The Morgan fingerprint density at radius 2 is 1.70 bits per heavy atom. The zero-order chi connectivity index (χ0) is 14.1. The molecule has 1 aliphatic heterocycles. The summed E-state index contributed by atoms with van der Waals surface area (Å²) in [7, 11) is 0. The van der Waals surface area contributed by atoms with E-state index in [0.29, 0.717) is 11.1 Å². The van der Waals surface area contributed by atoms with Gasteiger partial charge in [-0.3, -0.25) is 0 Å². The summed E-state index contributed by atoms with van der Waals surface area (Å²) in [5.74, 6) is -1.10. The summed E-state index contributed by atoms with van der Waals surface area (Å²) >= 11 is 0. The molecular weight excluding hydrogens is 255 g/mol. The molecule has 0 spiro atoms. The van der Waals surface area contributed by atoms with Crippen molar-refractivity contribution in [1.29, 1.82) is 0 Å². The van der Waals surface area contributed by atoms with E-state index < -0.39 is 12.1 Å². The quantitative estimate of drug-likeness (QED) is 0.612. The van der Waals surface area contributed by atoms with Crippen LogP contribution in [-0.2, 0) is 9.53 Å². The van der Waals surface area contributed by atoms with Crippen LogP contribution in [0.4, 0.5) is 4.39 Å². The fourth-order valence-corrected chi connectivity index (χ4v) is 2.55. The third-order valence-corrected chi connectivity index (χ3v) is 3.51. The lowest BCUT2D eigenvalue weighted by atomic mass is 9.86. The minimum Gasteiger partial charge on any atom is -0.453 e. The fourth-order valence-electron chi connectivity index (χ4n) is 2.55. The number of esters is 1. The van der Waals surface area contributed by atoms with Crippen LogP contribution in [0.2, 0.25) is 0 Å². The van der Waals surface area contributed by atoms with Crippen LogP contribution in [0.3, 0.4) is 0 Å². The maximum absolute atomic E-state index is 13.4. The van der Waals surface area contributed by atoms with E-state index in [0.717, 1.165) is 5.56 Å². The van der Waals surface area contributed by atoms with Crippen LogP contribution in [0.15, 0.2) is 66.7 Å². The van der Waals surface area contributed by atoms with Crippen LogP contribution >= 0.6 is 0 Å². The SMILES string of the molecule is C=C1C(=O)O[C@H](c2ccccc2)[C@@H]1c1cccc(F)c1. The first-order chi connectivity index (χ1) is 9.66. The van der Waals surface area contributed by atoms with Gasteiger partial charge in [0.25, 0.3) is 0 Å². The predicted molar refractivity (Wildman–Crippen MR) is 73.6 cm³/mol. The first-order valence-electron chi connectivity index (χ1n) is 6.37. The molecule has 20 heavy (non-hydrogen) atoms. The molecule has 2 nitrogen and oxygen atoms in total. The minimum absolute atomic E-state index is 0.332. The summed E-state index contributed by atoms with van der Waals surface area (Å²) in [5.41, 5.74) is 1.95. The van der Waals surface area contributed by atoms with E-state index in [1.807, 2.05) is 30.3 Å². The van der Waals surface area contributed by atoms with E-state index in [1.165, 1.54) is 12.1 Å². The lowest BCUT2D eigenvalue weighted by molar-refractivity contribution is -0.139. The standard InChI is InChI=1S/C17H13FO2/c1-11-15(13-8-5-9-14(18)10-13)16(20-17(11)19)12-6-3-2-4-7-12/h2-10,15-16H,1H2/t15-,16+/m0/s1. The van der Waals surface area contributed by atoms with Crippen LogP contribution in [0.1, 0.15) is 23.1 Å². The molecule has 0 bridgehead atoms. The lowest BCUT2D eigenvalue weighted by Gasteiger charge is -2.18. The van der Waals surface area contributed by atoms with Gasteiger partial charge in [0.1, 0.15) is 11.9 Å². The first-order valence-corrected chi connectivity index (χ1v) is 6.37. The summed E-state index contributed by atoms with van der Waals surface area (Å²) in [6.45, 7) is 3.80. The Bertz CT molecular complexity index is 664. The predicted octanol–water partition coefficient (Wildman–Crippen LogP) is 3.76. The number of rotatable bonds is 2. The molecule has 0 N–H and O–H groups in total. The second-order valence-corrected chi connectivity index (χ2v) is 4.79. The van der Waals surface area contributed by atoms with E-state index in [4.69, 9.17) is 4.74 Å². The Hall–Kier alpha value is -2.42. The summed E-state index contributed by atoms with van der Waals surface area (Å²) in [6, 6.07) is 15.7. The van der Waals surface area contributed by atoms with Gasteiger partial charge < -0.3 is 4.74 Å². The van der Waals surface area contributed by atoms with Crippen LogP contribution in [-0.4, -0.2) is 5.97 Å². The number of ether oxygens (including phenoxy) is 1. The topological polar surface area (TPSA) is 26.3 Å². The number of benzene rings is 2. The van der Waals surface area contributed by atoms with Crippen molar-refractivity contribution in [2.24, 2.45) is 0 Å². The normalized spacial score (nSPS) is 21.9. The van der Waals surface area contributed by atoms with Gasteiger partial charge in [-0.1, -0.05) is 49.0 Å². The molecule has 0 amide bonds. The average Bonchev–Trinajstić information content (AvgIpc) is 2.76. The molecule has 1 fully saturated rings. The summed E-state index contributed by atoms with van der Waals surface area (Å²) in [5, 5.41) is 0. The van der Waals surface area contributed by atoms with E-state index in [1.54, 1.807) is 12.1 Å². The zero-order valence-electron chi connectivity index (χ0n) is 10.8. The molecule has 2 aromatic carbocycles. The van der Waals surface area contributed by atoms with Crippen molar-refractivity contribution in [3.8, 4) is 0 Å². The molecular formula is C17H13FO2. The van der Waals surface area contributed by atoms with Gasteiger partial charge in [-0.15, -0.1) is 0 Å². The number of hydrogen-bond acceptors (Lipinski definition) is 2. The highest BCUT2D eigenvalue weighted by atomic mass is 19.1. The smallest absolute Gasteiger partial charge is 0.334 e. The maximum atomic E-state index is 13.4. The second-order valence-electron chi connectivity index (χ2n) is 4.79. The number of cyclic esters (lactones) is 1. The van der Waals surface area contributed by atoms with E-state index >= 15 is 0 Å². The van der Waals surface area contributed by atoms with E-state index in [9.17, 15) is 9.18 Å². The van der Waals surface area contributed by atoms with Crippen molar-refractivity contribution in [2.75, 3.05) is 0 Å². The minimum atomic E-state index is -0.446. The maximum Gasteiger partial charge on any atom is 0.334 e. The molecule has 0 aliphatic carbocycles. The van der Waals surface area contributed by atoms with Crippen molar-refractivity contribution in [3.05, 3.63) is 83.7 Å². The van der Waals surface area contributed by atoms with Gasteiger partial charge in [0.15, 0.2) is 0 Å². The van der Waals surface area contributed by atoms with E-state index in [2.05, 4.69) is 6.58 Å². The largest absolute Gasteiger partial charge is 0.453 e. The molecule has 1 heterocycles. The second kappa shape index (κ2) is 4.93. The summed E-state index contributed by atoms with van der Waals surface area (Å²) in [6.07, 6.45) is -0.446. The molecule has 100 valence electrons. The average molecular weight is 268 g/mol. The lowest BCUT2D eigenvalue weighted by Crippen LogP contribution is -2.07. The van der Waals surface area contributed by atoms with Crippen molar-refractivity contribution >= 4 is 5.97 Å². The molecule has 0 aromatic heterocycles. The van der Waals surface area contributed by atoms with Crippen molar-refractivity contribution < 1.29 is 13.9 Å². The van der Waals surface area contributed by atoms with E-state index in [-0.39, 0.29) is 11.7 Å². The zero-order valence-corrected chi connectivity index (χ0v) is 10.8. The summed E-state index contributed by atoms with van der Waals surface area (Å²) < 4.78 is 18.8. The third-order valence-electron chi connectivity index (χ3n) is 3.51. The Labute approximate surface area is 116 Å². The van der Waals surface area contributed by atoms with Crippen LogP contribution < -0.4 is 0 Å².